The fraction of sp³-hybridized carbons (Fsp3) is 0.500. The molecule has 1 fully saturated rings. The van der Waals surface area contributed by atoms with E-state index in [0.717, 1.165) is 25.7 Å². The number of hydrogen-bond donors (Lipinski definition) is 2. The Balaban J connectivity index is 2.37. The van der Waals surface area contributed by atoms with Crippen LogP contribution in [0.25, 0.3) is 0 Å². The van der Waals surface area contributed by atoms with Gasteiger partial charge in [-0.25, -0.2) is 9.89 Å². The number of nitrogens with one attached hydrogen (secondary N) is 1. The van der Waals surface area contributed by atoms with E-state index in [-0.39, 0.29) is 5.56 Å². The first-order valence-corrected chi connectivity index (χ1v) is 5.01. The van der Waals surface area contributed by atoms with Crippen LogP contribution in [0, 0.1) is 0 Å². The molecular formula is C10H12N2O3. The standard InChI is InChI=1S/C10H12N2O3/c13-9-7(10(14)15)5-8(11-12-9)6-3-1-2-4-6/h5-6H,1-4H2,(H,12,13)(H,14,15). The normalized spacial score (nSPS) is 16.8. The van der Waals surface area contributed by atoms with Gasteiger partial charge >= 0.3 is 5.97 Å². The molecule has 1 heterocycles. The minimum Gasteiger partial charge on any atom is -0.477 e. The van der Waals surface area contributed by atoms with Crippen molar-refractivity contribution in [2.24, 2.45) is 0 Å². The summed E-state index contributed by atoms with van der Waals surface area (Å²) in [6.07, 6.45) is 4.35. The van der Waals surface area contributed by atoms with Gasteiger partial charge in [0.05, 0.1) is 5.69 Å². The molecule has 2 rings (SSSR count). The number of H-pyrrole nitrogens is 1. The predicted molar refractivity (Wildman–Crippen MR) is 53.0 cm³/mol. The molecule has 0 amide bonds. The van der Waals surface area contributed by atoms with Crippen LogP contribution < -0.4 is 5.56 Å². The van der Waals surface area contributed by atoms with E-state index in [1.165, 1.54) is 6.07 Å². The van der Waals surface area contributed by atoms with Crippen LogP contribution in [0.3, 0.4) is 0 Å². The van der Waals surface area contributed by atoms with Gasteiger partial charge in [0.15, 0.2) is 0 Å². The largest absolute Gasteiger partial charge is 0.477 e. The summed E-state index contributed by atoms with van der Waals surface area (Å²) < 4.78 is 0. The minimum atomic E-state index is -1.20. The van der Waals surface area contributed by atoms with E-state index in [1.807, 2.05) is 0 Å². The Morgan fingerprint density at radius 3 is 2.73 bits per heavy atom. The molecule has 80 valence electrons. The van der Waals surface area contributed by atoms with E-state index in [9.17, 15) is 9.59 Å². The zero-order valence-corrected chi connectivity index (χ0v) is 8.19. The van der Waals surface area contributed by atoms with Gasteiger partial charge in [0, 0.05) is 5.92 Å². The average Bonchev–Trinajstić information content (AvgIpc) is 2.71. The zero-order chi connectivity index (χ0) is 10.8. The average molecular weight is 208 g/mol. The predicted octanol–water partition coefficient (Wildman–Crippen LogP) is 1.13. The summed E-state index contributed by atoms with van der Waals surface area (Å²) in [6.45, 7) is 0. The van der Waals surface area contributed by atoms with Crippen LogP contribution in [-0.2, 0) is 0 Å². The van der Waals surface area contributed by atoms with Crippen molar-refractivity contribution in [3.8, 4) is 0 Å². The topological polar surface area (TPSA) is 83.0 Å². The highest BCUT2D eigenvalue weighted by molar-refractivity contribution is 5.87. The monoisotopic (exact) mass is 208 g/mol. The van der Waals surface area contributed by atoms with Crippen LogP contribution in [0.2, 0.25) is 0 Å². The lowest BCUT2D eigenvalue weighted by atomic mass is 10.0. The lowest BCUT2D eigenvalue weighted by Crippen LogP contribution is -2.20. The van der Waals surface area contributed by atoms with Gasteiger partial charge in [-0.05, 0) is 18.9 Å². The third kappa shape index (κ3) is 1.91. The molecule has 2 N–H and O–H groups in total. The van der Waals surface area contributed by atoms with Crippen molar-refractivity contribution in [2.75, 3.05) is 0 Å². The summed E-state index contributed by atoms with van der Waals surface area (Å²) in [5, 5.41) is 14.9. The van der Waals surface area contributed by atoms with E-state index in [2.05, 4.69) is 10.2 Å². The fourth-order valence-corrected chi connectivity index (χ4v) is 2.01. The van der Waals surface area contributed by atoms with Crippen molar-refractivity contribution >= 4 is 5.97 Å². The summed E-state index contributed by atoms with van der Waals surface area (Å²) in [4.78, 5) is 21.9. The van der Waals surface area contributed by atoms with Crippen molar-refractivity contribution < 1.29 is 9.90 Å². The molecule has 0 saturated heterocycles. The Morgan fingerprint density at radius 2 is 2.13 bits per heavy atom. The molecule has 1 aromatic heterocycles. The van der Waals surface area contributed by atoms with Crippen LogP contribution in [0.15, 0.2) is 10.9 Å². The van der Waals surface area contributed by atoms with E-state index in [4.69, 9.17) is 5.11 Å². The first kappa shape index (κ1) is 9.89. The third-order valence-corrected chi connectivity index (χ3v) is 2.83. The van der Waals surface area contributed by atoms with Gasteiger partial charge in [0.1, 0.15) is 5.56 Å². The lowest BCUT2D eigenvalue weighted by Gasteiger charge is -2.07. The highest BCUT2D eigenvalue weighted by Crippen LogP contribution is 2.32. The van der Waals surface area contributed by atoms with Crippen LogP contribution in [0.1, 0.15) is 47.7 Å². The summed E-state index contributed by atoms with van der Waals surface area (Å²) >= 11 is 0. The second-order valence-electron chi connectivity index (χ2n) is 3.82. The Hall–Kier alpha value is -1.65. The number of carboxylic acid groups (broad SMARTS) is 1. The Bertz CT molecular complexity index is 433. The molecule has 0 bridgehead atoms. The van der Waals surface area contributed by atoms with Crippen molar-refractivity contribution in [3.63, 3.8) is 0 Å². The van der Waals surface area contributed by atoms with Gasteiger partial charge in [-0.15, -0.1) is 0 Å². The van der Waals surface area contributed by atoms with Gasteiger partial charge in [-0.1, -0.05) is 12.8 Å². The molecule has 1 saturated carbocycles. The van der Waals surface area contributed by atoms with Gasteiger partial charge in [0.25, 0.3) is 5.56 Å². The zero-order valence-electron chi connectivity index (χ0n) is 8.19. The molecule has 1 aliphatic rings. The van der Waals surface area contributed by atoms with Crippen LogP contribution in [0.5, 0.6) is 0 Å². The van der Waals surface area contributed by atoms with Crippen molar-refractivity contribution in [3.05, 3.63) is 27.7 Å². The molecular weight excluding hydrogens is 196 g/mol. The summed E-state index contributed by atoms with van der Waals surface area (Å²) in [6, 6.07) is 1.40. The maximum absolute atomic E-state index is 11.1. The smallest absolute Gasteiger partial charge is 0.341 e. The molecule has 0 radical (unpaired) electrons. The number of nitrogens with zero attached hydrogens (tertiary/aromatic N) is 1. The lowest BCUT2D eigenvalue weighted by molar-refractivity contribution is 0.0694. The number of aromatic amines is 1. The molecule has 15 heavy (non-hydrogen) atoms. The quantitative estimate of drug-likeness (QED) is 0.763. The molecule has 0 aliphatic heterocycles. The maximum atomic E-state index is 11.1. The summed E-state index contributed by atoms with van der Waals surface area (Å²) in [7, 11) is 0. The van der Waals surface area contributed by atoms with E-state index in [1.54, 1.807) is 0 Å². The van der Waals surface area contributed by atoms with E-state index >= 15 is 0 Å². The molecule has 0 unspecified atom stereocenters. The molecule has 0 spiro atoms. The molecule has 0 aromatic carbocycles. The molecule has 1 aliphatic carbocycles. The summed E-state index contributed by atoms with van der Waals surface area (Å²) in [5.74, 6) is -0.891. The van der Waals surface area contributed by atoms with Crippen molar-refractivity contribution in [1.29, 1.82) is 0 Å². The fourth-order valence-electron chi connectivity index (χ4n) is 2.01. The third-order valence-electron chi connectivity index (χ3n) is 2.83. The molecule has 0 atom stereocenters. The second kappa shape index (κ2) is 3.84. The SMILES string of the molecule is O=C(O)c1cc(C2CCCC2)n[nH]c1=O. The number of rotatable bonds is 2. The number of carbonyl (C=O) groups is 1. The van der Waals surface area contributed by atoms with E-state index in [0.29, 0.717) is 11.6 Å². The highest BCUT2D eigenvalue weighted by atomic mass is 16.4. The number of aromatic nitrogens is 2. The molecule has 5 nitrogen and oxygen atoms in total. The van der Waals surface area contributed by atoms with E-state index < -0.39 is 11.5 Å². The van der Waals surface area contributed by atoms with Crippen LogP contribution in [0.4, 0.5) is 0 Å². The minimum absolute atomic E-state index is 0.216. The van der Waals surface area contributed by atoms with Crippen LogP contribution >= 0.6 is 0 Å². The van der Waals surface area contributed by atoms with Gasteiger partial charge < -0.3 is 5.11 Å². The number of carboxylic acids is 1. The maximum Gasteiger partial charge on any atom is 0.341 e. The van der Waals surface area contributed by atoms with Crippen molar-refractivity contribution in [1.82, 2.24) is 10.2 Å². The Kier molecular flexibility index (Phi) is 2.53. The summed E-state index contributed by atoms with van der Waals surface area (Å²) in [5.41, 5.74) is -0.152. The molecule has 1 aromatic rings. The first-order chi connectivity index (χ1) is 7.18. The highest BCUT2D eigenvalue weighted by Gasteiger charge is 2.20. The Labute approximate surface area is 86.1 Å². The van der Waals surface area contributed by atoms with Gasteiger partial charge in [-0.2, -0.15) is 5.10 Å². The first-order valence-electron chi connectivity index (χ1n) is 5.01. The molecule has 5 heteroatoms. The number of hydrogen-bond acceptors (Lipinski definition) is 3. The van der Waals surface area contributed by atoms with Gasteiger partial charge in [-0.3, -0.25) is 4.79 Å². The second-order valence-corrected chi connectivity index (χ2v) is 3.82. The van der Waals surface area contributed by atoms with Crippen LogP contribution in [-0.4, -0.2) is 21.3 Å². The number of aromatic carboxylic acids is 1. The van der Waals surface area contributed by atoms with Crippen molar-refractivity contribution in [2.45, 2.75) is 31.6 Å². The van der Waals surface area contributed by atoms with Gasteiger partial charge in [0.2, 0.25) is 0 Å². The Morgan fingerprint density at radius 1 is 1.47 bits per heavy atom.